The summed E-state index contributed by atoms with van der Waals surface area (Å²) in [5, 5.41) is 6.53. The van der Waals surface area contributed by atoms with Gasteiger partial charge in [-0.15, -0.1) is 12.4 Å². The molecule has 1 saturated carbocycles. The summed E-state index contributed by atoms with van der Waals surface area (Å²) in [5.41, 5.74) is 2.49. The molecule has 1 aromatic rings. The van der Waals surface area contributed by atoms with Crippen LogP contribution in [0.2, 0.25) is 0 Å². The average Bonchev–Trinajstić information content (AvgIpc) is 3.04. The smallest absolute Gasteiger partial charge is 0.223 e. The highest BCUT2D eigenvalue weighted by Crippen LogP contribution is 2.58. The van der Waals surface area contributed by atoms with E-state index >= 15 is 0 Å². The molecule has 2 aliphatic heterocycles. The van der Waals surface area contributed by atoms with Crippen molar-refractivity contribution >= 4 is 18.3 Å². The lowest BCUT2D eigenvalue weighted by atomic mass is 9.92. The molecule has 1 spiro atoms. The minimum atomic E-state index is 0. The minimum Gasteiger partial charge on any atom is -0.488 e. The van der Waals surface area contributed by atoms with Crippen molar-refractivity contribution in [1.29, 1.82) is 0 Å². The summed E-state index contributed by atoms with van der Waals surface area (Å²) in [6, 6.07) is 6.20. The average molecular weight is 381 g/mol. The summed E-state index contributed by atoms with van der Waals surface area (Å²) in [7, 11) is 0. The first-order valence-electron chi connectivity index (χ1n) is 9.49. The van der Waals surface area contributed by atoms with Crippen molar-refractivity contribution in [3.63, 3.8) is 0 Å². The highest BCUT2D eigenvalue weighted by molar-refractivity contribution is 5.85. The van der Waals surface area contributed by atoms with Gasteiger partial charge in [0.15, 0.2) is 0 Å². The van der Waals surface area contributed by atoms with Gasteiger partial charge < -0.3 is 20.1 Å². The topological polar surface area (TPSA) is 59.6 Å². The van der Waals surface area contributed by atoms with Gasteiger partial charge in [-0.05, 0) is 56.3 Å². The molecular weight excluding hydrogens is 352 g/mol. The van der Waals surface area contributed by atoms with Crippen molar-refractivity contribution in [3.8, 4) is 5.75 Å². The Bertz CT molecular complexity index is 640. The maximum Gasteiger partial charge on any atom is 0.223 e. The van der Waals surface area contributed by atoms with E-state index in [9.17, 15) is 4.79 Å². The Labute approximate surface area is 161 Å². The molecule has 2 atom stereocenters. The summed E-state index contributed by atoms with van der Waals surface area (Å²) in [5.74, 6) is 1.29. The number of amides is 1. The first-order valence-corrected chi connectivity index (χ1v) is 9.49. The lowest BCUT2D eigenvalue weighted by molar-refractivity contribution is -0.123. The Morgan fingerprint density at radius 3 is 2.92 bits per heavy atom. The second kappa shape index (κ2) is 8.15. The molecule has 6 heteroatoms. The van der Waals surface area contributed by atoms with E-state index in [4.69, 9.17) is 9.47 Å². The molecule has 5 nitrogen and oxygen atoms in total. The summed E-state index contributed by atoms with van der Waals surface area (Å²) in [6.45, 7) is 6.10. The normalized spacial score (nSPS) is 26.2. The fourth-order valence-corrected chi connectivity index (χ4v) is 4.20. The highest BCUT2D eigenvalue weighted by Gasteiger charge is 2.57. The minimum absolute atomic E-state index is 0. The van der Waals surface area contributed by atoms with E-state index in [0.29, 0.717) is 13.2 Å². The number of hydrogen-bond donors (Lipinski definition) is 2. The van der Waals surface area contributed by atoms with Crippen molar-refractivity contribution in [3.05, 3.63) is 29.3 Å². The second-order valence-electron chi connectivity index (χ2n) is 7.80. The zero-order valence-corrected chi connectivity index (χ0v) is 16.2. The zero-order chi connectivity index (χ0) is 17.3. The number of ether oxygens (including phenoxy) is 2. The van der Waals surface area contributed by atoms with Crippen molar-refractivity contribution < 1.29 is 14.3 Å². The fourth-order valence-electron chi connectivity index (χ4n) is 4.20. The Morgan fingerprint density at radius 1 is 1.38 bits per heavy atom. The fraction of sp³-hybridized carbons (Fsp3) is 0.650. The molecule has 1 aromatic carbocycles. The van der Waals surface area contributed by atoms with Gasteiger partial charge in [-0.25, -0.2) is 0 Å². The Morgan fingerprint density at radius 2 is 2.19 bits per heavy atom. The molecule has 0 radical (unpaired) electrons. The number of carbonyl (C=O) groups excluding carboxylic acids is 1. The third kappa shape index (κ3) is 4.16. The number of rotatable bonds is 5. The molecule has 2 heterocycles. The molecule has 144 valence electrons. The van der Waals surface area contributed by atoms with Gasteiger partial charge in [0.05, 0.1) is 13.2 Å². The van der Waals surface area contributed by atoms with Crippen LogP contribution in [-0.4, -0.2) is 38.3 Å². The van der Waals surface area contributed by atoms with Gasteiger partial charge in [0.1, 0.15) is 11.9 Å². The van der Waals surface area contributed by atoms with Gasteiger partial charge in [-0.1, -0.05) is 12.1 Å². The quantitative estimate of drug-likeness (QED) is 0.824. The molecule has 3 aliphatic rings. The van der Waals surface area contributed by atoms with Crippen molar-refractivity contribution in [1.82, 2.24) is 10.6 Å². The SMILES string of the molecule is Cc1ccc(CNC(=O)C2CC23CCNCC3)c(OC2CCOC2)c1.Cl. The second-order valence-corrected chi connectivity index (χ2v) is 7.80. The summed E-state index contributed by atoms with van der Waals surface area (Å²) in [4.78, 5) is 12.6. The van der Waals surface area contributed by atoms with E-state index in [2.05, 4.69) is 35.8 Å². The Kier molecular flexibility index (Phi) is 6.10. The maximum atomic E-state index is 12.6. The standard InChI is InChI=1S/C20H28N2O3.ClH/c1-14-2-3-15(18(10-14)25-16-4-9-24-13-16)12-22-19(23)17-11-20(17)5-7-21-8-6-20;/h2-3,10,16-17,21H,4-9,11-13H2,1H3,(H,22,23);1H. The number of carbonyl (C=O) groups is 1. The first kappa shape index (κ1) is 19.5. The molecule has 2 unspecified atom stereocenters. The van der Waals surface area contributed by atoms with Crippen LogP contribution in [0.5, 0.6) is 5.75 Å². The summed E-state index contributed by atoms with van der Waals surface area (Å²) in [6.07, 6.45) is 4.37. The highest BCUT2D eigenvalue weighted by atomic mass is 35.5. The lowest BCUT2D eigenvalue weighted by Gasteiger charge is -2.23. The number of aryl methyl sites for hydroxylation is 1. The van der Waals surface area contributed by atoms with Crippen molar-refractivity contribution in [2.75, 3.05) is 26.3 Å². The predicted molar refractivity (Wildman–Crippen MR) is 103 cm³/mol. The third-order valence-corrected chi connectivity index (χ3v) is 5.96. The van der Waals surface area contributed by atoms with Crippen LogP contribution in [0, 0.1) is 18.3 Å². The molecule has 0 bridgehead atoms. The zero-order valence-electron chi connectivity index (χ0n) is 15.4. The van der Waals surface area contributed by atoms with Gasteiger partial charge in [0.25, 0.3) is 0 Å². The largest absolute Gasteiger partial charge is 0.488 e. The van der Waals surface area contributed by atoms with Crippen LogP contribution in [-0.2, 0) is 16.1 Å². The Balaban J connectivity index is 0.00000196. The van der Waals surface area contributed by atoms with Gasteiger partial charge in [0.2, 0.25) is 5.91 Å². The number of benzene rings is 1. The molecule has 1 amide bonds. The van der Waals surface area contributed by atoms with Crippen molar-refractivity contribution in [2.24, 2.45) is 11.3 Å². The molecule has 2 N–H and O–H groups in total. The molecule has 0 aromatic heterocycles. The molecule has 26 heavy (non-hydrogen) atoms. The molecule has 4 rings (SSSR count). The number of piperidine rings is 1. The van der Waals surface area contributed by atoms with E-state index in [0.717, 1.165) is 56.7 Å². The Hall–Kier alpha value is -1.30. The maximum absolute atomic E-state index is 12.6. The van der Waals surface area contributed by atoms with Crippen LogP contribution in [0.3, 0.4) is 0 Å². The van der Waals surface area contributed by atoms with Crippen LogP contribution in [0.15, 0.2) is 18.2 Å². The van der Waals surface area contributed by atoms with Crippen molar-refractivity contribution in [2.45, 2.75) is 45.3 Å². The molecule has 3 fully saturated rings. The van der Waals surface area contributed by atoms with E-state index in [1.165, 1.54) is 5.56 Å². The summed E-state index contributed by atoms with van der Waals surface area (Å²) >= 11 is 0. The predicted octanol–water partition coefficient (Wildman–Crippen LogP) is 2.59. The van der Waals surface area contributed by atoms with Crippen LogP contribution in [0.25, 0.3) is 0 Å². The number of nitrogens with one attached hydrogen (secondary N) is 2. The van der Waals surface area contributed by atoms with Gasteiger partial charge in [-0.2, -0.15) is 0 Å². The number of halogens is 1. The van der Waals surface area contributed by atoms with E-state index in [1.54, 1.807) is 0 Å². The van der Waals surface area contributed by atoms with Crippen LogP contribution in [0.1, 0.15) is 36.8 Å². The molecule has 2 saturated heterocycles. The van der Waals surface area contributed by atoms with Crippen LogP contribution in [0.4, 0.5) is 0 Å². The van der Waals surface area contributed by atoms with E-state index < -0.39 is 0 Å². The van der Waals surface area contributed by atoms with Gasteiger partial charge in [0, 0.05) is 24.4 Å². The van der Waals surface area contributed by atoms with Gasteiger partial charge in [-0.3, -0.25) is 4.79 Å². The van der Waals surface area contributed by atoms with E-state index in [-0.39, 0.29) is 35.8 Å². The lowest BCUT2D eigenvalue weighted by Crippen LogP contribution is -2.33. The van der Waals surface area contributed by atoms with E-state index in [1.807, 2.05) is 0 Å². The van der Waals surface area contributed by atoms with Crippen LogP contribution >= 0.6 is 12.4 Å². The number of hydrogen-bond acceptors (Lipinski definition) is 4. The van der Waals surface area contributed by atoms with Gasteiger partial charge >= 0.3 is 0 Å². The summed E-state index contributed by atoms with van der Waals surface area (Å²) < 4.78 is 11.5. The monoisotopic (exact) mass is 380 g/mol. The first-order chi connectivity index (χ1) is 12.2. The molecule has 1 aliphatic carbocycles. The third-order valence-electron chi connectivity index (χ3n) is 5.96. The van der Waals surface area contributed by atoms with Crippen LogP contribution < -0.4 is 15.4 Å². The molecular formula is C20H29ClN2O3.